The number of nitrogens with zero attached hydrogens (tertiary/aromatic N) is 2. The van der Waals surface area contributed by atoms with Gasteiger partial charge in [0.15, 0.2) is 17.2 Å². The van der Waals surface area contributed by atoms with Crippen molar-refractivity contribution in [3.63, 3.8) is 0 Å². The van der Waals surface area contributed by atoms with Crippen molar-refractivity contribution in [3.8, 4) is 11.5 Å². The maximum atomic E-state index is 13.9. The van der Waals surface area contributed by atoms with E-state index in [2.05, 4.69) is 17.1 Å². The second-order valence-electron chi connectivity index (χ2n) is 9.45. The van der Waals surface area contributed by atoms with Gasteiger partial charge in [-0.1, -0.05) is 25.8 Å². The molecule has 1 aromatic heterocycles. The van der Waals surface area contributed by atoms with Crippen LogP contribution in [0.2, 0.25) is 0 Å². The highest BCUT2D eigenvalue weighted by Crippen LogP contribution is 2.38. The standard InChI is InChI=1S/C25H32F3N3O3/c1-15-6-4-5-7-20(15)31(14-16-8-11-21(33-2)22(12-16)34-3)24(32)17-9-10-19-18(13-17)23(30-29-19)25(26,27)28/h8,11-12,15,17,20H,4-7,9-10,13-14H2,1-3H3,(H,29,30). The zero-order valence-electron chi connectivity index (χ0n) is 19.9. The Morgan fingerprint density at radius 2 is 1.88 bits per heavy atom. The molecule has 0 aliphatic heterocycles. The van der Waals surface area contributed by atoms with E-state index in [-0.39, 0.29) is 23.9 Å². The molecule has 1 heterocycles. The minimum Gasteiger partial charge on any atom is -0.493 e. The molecule has 3 atom stereocenters. The minimum absolute atomic E-state index is 0.0576. The van der Waals surface area contributed by atoms with Crippen molar-refractivity contribution in [2.45, 2.75) is 70.6 Å². The number of halogens is 3. The first-order valence-electron chi connectivity index (χ1n) is 11.9. The molecule has 1 N–H and O–H groups in total. The molecule has 0 saturated heterocycles. The number of hydrogen-bond donors (Lipinski definition) is 1. The largest absolute Gasteiger partial charge is 0.493 e. The molecule has 2 aromatic rings. The molecule has 1 saturated carbocycles. The number of rotatable bonds is 6. The average molecular weight is 480 g/mol. The lowest BCUT2D eigenvalue weighted by Gasteiger charge is -2.41. The third kappa shape index (κ3) is 4.88. The number of nitrogens with one attached hydrogen (secondary N) is 1. The fraction of sp³-hybridized carbons (Fsp3) is 0.600. The number of aryl methyl sites for hydroxylation is 1. The van der Waals surface area contributed by atoms with Crippen LogP contribution in [0.3, 0.4) is 0 Å². The van der Waals surface area contributed by atoms with Crippen LogP contribution in [0.4, 0.5) is 13.2 Å². The Morgan fingerprint density at radius 3 is 2.56 bits per heavy atom. The second kappa shape index (κ2) is 9.88. The fourth-order valence-corrected chi connectivity index (χ4v) is 5.47. The smallest absolute Gasteiger partial charge is 0.435 e. The zero-order chi connectivity index (χ0) is 24.5. The van der Waals surface area contributed by atoms with Crippen LogP contribution in [-0.4, -0.2) is 41.3 Å². The third-order valence-electron chi connectivity index (χ3n) is 7.31. The molecule has 0 spiro atoms. The summed E-state index contributed by atoms with van der Waals surface area (Å²) < 4.78 is 51.1. The number of alkyl halides is 3. The van der Waals surface area contributed by atoms with Crippen molar-refractivity contribution in [1.82, 2.24) is 15.1 Å². The maximum Gasteiger partial charge on any atom is 0.435 e. The lowest BCUT2D eigenvalue weighted by Crippen LogP contribution is -2.48. The van der Waals surface area contributed by atoms with Crippen molar-refractivity contribution in [2.24, 2.45) is 11.8 Å². The Balaban J connectivity index is 1.62. The quantitative estimate of drug-likeness (QED) is 0.622. The normalized spacial score (nSPS) is 22.7. The molecule has 0 radical (unpaired) electrons. The van der Waals surface area contributed by atoms with Crippen molar-refractivity contribution in [3.05, 3.63) is 40.7 Å². The number of methoxy groups -OCH3 is 2. The number of amides is 1. The lowest BCUT2D eigenvalue weighted by atomic mass is 9.81. The van der Waals surface area contributed by atoms with Gasteiger partial charge in [-0.2, -0.15) is 18.3 Å². The molecular weight excluding hydrogens is 447 g/mol. The van der Waals surface area contributed by atoms with Gasteiger partial charge in [-0.15, -0.1) is 0 Å². The molecule has 4 rings (SSSR count). The highest BCUT2D eigenvalue weighted by Gasteiger charge is 2.42. The van der Waals surface area contributed by atoms with Gasteiger partial charge in [0.2, 0.25) is 5.91 Å². The lowest BCUT2D eigenvalue weighted by molar-refractivity contribution is -0.144. The van der Waals surface area contributed by atoms with Gasteiger partial charge >= 0.3 is 6.18 Å². The number of hydrogen-bond acceptors (Lipinski definition) is 4. The number of H-pyrrole nitrogens is 1. The third-order valence-corrected chi connectivity index (χ3v) is 7.31. The van der Waals surface area contributed by atoms with Crippen molar-refractivity contribution < 1.29 is 27.4 Å². The van der Waals surface area contributed by atoms with Crippen molar-refractivity contribution in [1.29, 1.82) is 0 Å². The first-order valence-corrected chi connectivity index (χ1v) is 11.9. The summed E-state index contributed by atoms with van der Waals surface area (Å²) in [5.74, 6) is 0.944. The highest BCUT2D eigenvalue weighted by atomic mass is 19.4. The first kappa shape index (κ1) is 24.4. The molecule has 9 heteroatoms. The van der Waals surface area contributed by atoms with Crippen molar-refractivity contribution >= 4 is 5.91 Å². The summed E-state index contributed by atoms with van der Waals surface area (Å²) in [6.07, 6.45) is 0.530. The molecule has 34 heavy (non-hydrogen) atoms. The topological polar surface area (TPSA) is 67.5 Å². The molecule has 6 nitrogen and oxygen atoms in total. The van der Waals surface area contributed by atoms with E-state index in [0.717, 1.165) is 31.2 Å². The number of aromatic nitrogens is 2. The van der Waals surface area contributed by atoms with E-state index in [0.29, 0.717) is 42.5 Å². The van der Waals surface area contributed by atoms with Gasteiger partial charge in [-0.3, -0.25) is 9.89 Å². The summed E-state index contributed by atoms with van der Waals surface area (Å²) in [5.41, 5.74) is 0.644. The molecule has 3 unspecified atom stereocenters. The van der Waals surface area contributed by atoms with E-state index >= 15 is 0 Å². The summed E-state index contributed by atoms with van der Waals surface area (Å²) in [5, 5.41) is 6.05. The van der Waals surface area contributed by atoms with Crippen LogP contribution < -0.4 is 9.47 Å². The Bertz CT molecular complexity index is 1020. The van der Waals surface area contributed by atoms with E-state index in [1.54, 1.807) is 14.2 Å². The molecule has 1 amide bonds. The van der Waals surface area contributed by atoms with Crippen molar-refractivity contribution in [2.75, 3.05) is 14.2 Å². The van der Waals surface area contributed by atoms with Crippen LogP contribution in [-0.2, 0) is 30.4 Å². The SMILES string of the molecule is COc1ccc(CN(C(=O)C2CCc3[nH]nc(C(F)(F)F)c3C2)C2CCCCC2C)cc1OC. The van der Waals surface area contributed by atoms with Gasteiger partial charge in [0, 0.05) is 29.8 Å². The molecule has 1 aromatic carbocycles. The minimum atomic E-state index is -4.54. The number of carbonyl (C=O) groups is 1. The Labute approximate surface area is 197 Å². The average Bonchev–Trinajstić information content (AvgIpc) is 3.26. The Morgan fingerprint density at radius 1 is 1.15 bits per heavy atom. The van der Waals surface area contributed by atoms with E-state index in [9.17, 15) is 18.0 Å². The molecule has 2 aliphatic rings. The predicted octanol–water partition coefficient (Wildman–Crippen LogP) is 5.16. The van der Waals surface area contributed by atoms with Gasteiger partial charge < -0.3 is 14.4 Å². The van der Waals surface area contributed by atoms with Crippen LogP contribution in [0.15, 0.2) is 18.2 Å². The van der Waals surface area contributed by atoms with Crippen LogP contribution in [0, 0.1) is 11.8 Å². The number of carbonyl (C=O) groups excluding carboxylic acids is 1. The Kier molecular flexibility index (Phi) is 7.09. The molecule has 2 aliphatic carbocycles. The van der Waals surface area contributed by atoms with Gasteiger partial charge in [-0.25, -0.2) is 0 Å². The summed E-state index contributed by atoms with van der Waals surface area (Å²) in [4.78, 5) is 15.8. The summed E-state index contributed by atoms with van der Waals surface area (Å²) in [6, 6.07) is 5.65. The molecule has 0 bridgehead atoms. The number of benzene rings is 1. The summed E-state index contributed by atoms with van der Waals surface area (Å²) in [7, 11) is 3.13. The predicted molar refractivity (Wildman–Crippen MR) is 121 cm³/mol. The van der Waals surface area contributed by atoms with E-state index in [1.165, 1.54) is 0 Å². The van der Waals surface area contributed by atoms with Gasteiger partial charge in [-0.05, 0) is 55.7 Å². The first-order chi connectivity index (χ1) is 16.2. The number of fused-ring (bicyclic) bond motifs is 1. The number of aromatic amines is 1. The van der Waals surface area contributed by atoms with Crippen LogP contribution >= 0.6 is 0 Å². The molecule has 186 valence electrons. The molecule has 1 fully saturated rings. The second-order valence-corrected chi connectivity index (χ2v) is 9.45. The summed E-state index contributed by atoms with van der Waals surface area (Å²) >= 11 is 0. The van der Waals surface area contributed by atoms with Gasteiger partial charge in [0.1, 0.15) is 0 Å². The van der Waals surface area contributed by atoms with Crippen LogP contribution in [0.1, 0.15) is 61.5 Å². The van der Waals surface area contributed by atoms with E-state index in [4.69, 9.17) is 9.47 Å². The molecular formula is C25H32F3N3O3. The number of ether oxygens (including phenoxy) is 2. The zero-order valence-corrected chi connectivity index (χ0v) is 19.9. The van der Waals surface area contributed by atoms with Crippen LogP contribution in [0.25, 0.3) is 0 Å². The van der Waals surface area contributed by atoms with E-state index in [1.807, 2.05) is 23.1 Å². The highest BCUT2D eigenvalue weighted by molar-refractivity contribution is 5.80. The van der Waals surface area contributed by atoms with E-state index < -0.39 is 17.8 Å². The maximum absolute atomic E-state index is 13.9. The monoisotopic (exact) mass is 479 g/mol. The van der Waals surface area contributed by atoms with Crippen LogP contribution in [0.5, 0.6) is 11.5 Å². The Hall–Kier alpha value is -2.71. The van der Waals surface area contributed by atoms with Gasteiger partial charge in [0.25, 0.3) is 0 Å². The summed E-state index contributed by atoms with van der Waals surface area (Å²) in [6.45, 7) is 2.55. The van der Waals surface area contributed by atoms with Gasteiger partial charge in [0.05, 0.1) is 14.2 Å². The fourth-order valence-electron chi connectivity index (χ4n) is 5.47.